The highest BCUT2D eigenvalue weighted by atomic mass is 16.5. The molecule has 0 heterocycles. The highest BCUT2D eigenvalue weighted by molar-refractivity contribution is 5.80. The zero-order valence-electron chi connectivity index (χ0n) is 6.04. The average Bonchev–Trinajstić information content (AvgIpc) is 2.03. The molecular weight excluding hydrogens is 134 g/mol. The lowest BCUT2D eigenvalue weighted by atomic mass is 10.7. The SMILES string of the molecule is C=CC(=O)OC.NCCO. The van der Waals surface area contributed by atoms with Gasteiger partial charge >= 0.3 is 5.97 Å². The summed E-state index contributed by atoms with van der Waals surface area (Å²) in [4.78, 5) is 9.84. The highest BCUT2D eigenvalue weighted by Gasteiger charge is 1.81. The molecule has 0 aromatic carbocycles. The van der Waals surface area contributed by atoms with E-state index in [2.05, 4.69) is 11.3 Å². The lowest BCUT2D eigenvalue weighted by molar-refractivity contribution is -0.134. The van der Waals surface area contributed by atoms with Crippen LogP contribution in [-0.2, 0) is 9.53 Å². The average molecular weight is 147 g/mol. The number of ether oxygens (including phenoxy) is 1. The van der Waals surface area contributed by atoms with Gasteiger partial charge in [-0.15, -0.1) is 0 Å². The summed E-state index contributed by atoms with van der Waals surface area (Å²) < 4.78 is 4.14. The summed E-state index contributed by atoms with van der Waals surface area (Å²) in [5, 5.41) is 7.75. The Morgan fingerprint density at radius 2 is 2.30 bits per heavy atom. The number of esters is 1. The second kappa shape index (κ2) is 11.0. The Morgan fingerprint density at radius 1 is 1.90 bits per heavy atom. The van der Waals surface area contributed by atoms with Crippen LogP contribution in [0.3, 0.4) is 0 Å². The van der Waals surface area contributed by atoms with Crippen LogP contribution in [0.4, 0.5) is 0 Å². The first kappa shape index (κ1) is 11.9. The van der Waals surface area contributed by atoms with Gasteiger partial charge < -0.3 is 15.6 Å². The summed E-state index contributed by atoms with van der Waals surface area (Å²) in [6.45, 7) is 3.63. The Balaban J connectivity index is 0. The molecule has 0 aromatic heterocycles. The summed E-state index contributed by atoms with van der Waals surface area (Å²) >= 11 is 0. The number of nitrogens with two attached hydrogens (primary N) is 1. The van der Waals surface area contributed by atoms with Crippen molar-refractivity contribution in [2.45, 2.75) is 0 Å². The van der Waals surface area contributed by atoms with Crippen LogP contribution in [0.2, 0.25) is 0 Å². The maximum Gasteiger partial charge on any atom is 0.329 e. The van der Waals surface area contributed by atoms with E-state index in [-0.39, 0.29) is 6.61 Å². The molecule has 0 atom stereocenters. The molecule has 0 saturated heterocycles. The molecule has 0 amide bonds. The van der Waals surface area contributed by atoms with E-state index in [4.69, 9.17) is 10.8 Å². The Hall–Kier alpha value is -0.870. The second-order valence-electron chi connectivity index (χ2n) is 1.24. The Kier molecular flexibility index (Phi) is 13.1. The predicted octanol–water partition coefficient (Wildman–Crippen LogP) is -0.717. The molecule has 4 nitrogen and oxygen atoms in total. The Morgan fingerprint density at radius 3 is 2.30 bits per heavy atom. The van der Waals surface area contributed by atoms with E-state index in [0.29, 0.717) is 6.54 Å². The zero-order valence-corrected chi connectivity index (χ0v) is 6.04. The minimum atomic E-state index is -0.394. The Bertz CT molecular complexity index is 91.0. The molecule has 0 unspecified atom stereocenters. The van der Waals surface area contributed by atoms with Gasteiger partial charge in [0.15, 0.2) is 0 Å². The molecule has 0 radical (unpaired) electrons. The molecular formula is C6H13NO3. The van der Waals surface area contributed by atoms with Crippen LogP contribution in [0.5, 0.6) is 0 Å². The van der Waals surface area contributed by atoms with Gasteiger partial charge in [-0.3, -0.25) is 0 Å². The minimum Gasteiger partial charge on any atom is -0.466 e. The van der Waals surface area contributed by atoms with Crippen molar-refractivity contribution >= 4 is 5.97 Å². The molecule has 3 N–H and O–H groups in total. The standard InChI is InChI=1S/C4H6O2.C2H7NO/c1-3-4(5)6-2;3-1-2-4/h3H,1H2,2H3;4H,1-3H2. The van der Waals surface area contributed by atoms with Gasteiger partial charge in [-0.1, -0.05) is 6.58 Å². The van der Waals surface area contributed by atoms with Crippen LogP contribution in [0.15, 0.2) is 12.7 Å². The molecule has 4 heteroatoms. The first-order valence-corrected chi connectivity index (χ1v) is 2.74. The monoisotopic (exact) mass is 147 g/mol. The van der Waals surface area contributed by atoms with Crippen molar-refractivity contribution in [3.05, 3.63) is 12.7 Å². The summed E-state index contributed by atoms with van der Waals surface area (Å²) in [7, 11) is 1.31. The molecule has 0 saturated carbocycles. The highest BCUT2D eigenvalue weighted by Crippen LogP contribution is 1.67. The number of hydrogen-bond donors (Lipinski definition) is 2. The van der Waals surface area contributed by atoms with Crippen molar-refractivity contribution in [1.29, 1.82) is 0 Å². The molecule has 0 aliphatic rings. The maximum atomic E-state index is 9.84. The molecule has 0 aromatic rings. The number of hydrogen-bond acceptors (Lipinski definition) is 4. The van der Waals surface area contributed by atoms with Crippen LogP contribution in [-0.4, -0.2) is 31.3 Å². The van der Waals surface area contributed by atoms with E-state index in [0.717, 1.165) is 6.08 Å². The molecule has 0 bridgehead atoms. The summed E-state index contributed by atoms with van der Waals surface area (Å²) in [6.07, 6.45) is 1.11. The minimum absolute atomic E-state index is 0.0972. The van der Waals surface area contributed by atoms with E-state index < -0.39 is 5.97 Å². The van der Waals surface area contributed by atoms with Gasteiger partial charge in [-0.2, -0.15) is 0 Å². The van der Waals surface area contributed by atoms with Crippen molar-refractivity contribution in [2.24, 2.45) is 5.73 Å². The van der Waals surface area contributed by atoms with Crippen molar-refractivity contribution in [1.82, 2.24) is 0 Å². The topological polar surface area (TPSA) is 72.5 Å². The van der Waals surface area contributed by atoms with E-state index in [1.807, 2.05) is 0 Å². The van der Waals surface area contributed by atoms with Crippen LogP contribution in [0, 0.1) is 0 Å². The van der Waals surface area contributed by atoms with Gasteiger partial charge in [0.25, 0.3) is 0 Å². The molecule has 10 heavy (non-hydrogen) atoms. The lowest BCUT2D eigenvalue weighted by Crippen LogP contribution is -2.02. The van der Waals surface area contributed by atoms with Crippen molar-refractivity contribution < 1.29 is 14.6 Å². The van der Waals surface area contributed by atoms with Crippen LogP contribution >= 0.6 is 0 Å². The van der Waals surface area contributed by atoms with Crippen LogP contribution < -0.4 is 5.73 Å². The predicted molar refractivity (Wildman–Crippen MR) is 38.4 cm³/mol. The van der Waals surface area contributed by atoms with Crippen LogP contribution in [0.25, 0.3) is 0 Å². The first-order valence-electron chi connectivity index (χ1n) is 2.74. The fraction of sp³-hybridized carbons (Fsp3) is 0.500. The van der Waals surface area contributed by atoms with Gasteiger partial charge in [0.05, 0.1) is 13.7 Å². The van der Waals surface area contributed by atoms with Crippen molar-refractivity contribution in [3.63, 3.8) is 0 Å². The van der Waals surface area contributed by atoms with Gasteiger partial charge in [-0.25, -0.2) is 4.79 Å². The number of aliphatic hydroxyl groups excluding tert-OH is 1. The lowest BCUT2D eigenvalue weighted by Gasteiger charge is -1.83. The molecule has 60 valence electrons. The molecule has 0 aliphatic heterocycles. The van der Waals surface area contributed by atoms with Gasteiger partial charge in [-0.05, 0) is 0 Å². The summed E-state index contributed by atoms with van der Waals surface area (Å²) in [5.74, 6) is -0.394. The quantitative estimate of drug-likeness (QED) is 0.399. The van der Waals surface area contributed by atoms with Crippen molar-refractivity contribution in [2.75, 3.05) is 20.3 Å². The molecule has 0 fully saturated rings. The summed E-state index contributed by atoms with van der Waals surface area (Å²) in [5.41, 5.74) is 4.78. The number of carbonyl (C=O) groups is 1. The van der Waals surface area contributed by atoms with E-state index in [1.165, 1.54) is 7.11 Å². The van der Waals surface area contributed by atoms with E-state index in [1.54, 1.807) is 0 Å². The fourth-order valence-corrected chi connectivity index (χ4v) is 0.0833. The molecule has 0 rings (SSSR count). The molecule has 0 spiro atoms. The third kappa shape index (κ3) is 15.7. The van der Waals surface area contributed by atoms with E-state index in [9.17, 15) is 4.79 Å². The van der Waals surface area contributed by atoms with Gasteiger partial charge in [0.1, 0.15) is 0 Å². The zero-order chi connectivity index (χ0) is 8.41. The van der Waals surface area contributed by atoms with Crippen molar-refractivity contribution in [3.8, 4) is 0 Å². The summed E-state index contributed by atoms with van der Waals surface area (Å²) in [6, 6.07) is 0. The fourth-order valence-electron chi connectivity index (χ4n) is 0.0833. The van der Waals surface area contributed by atoms with Crippen LogP contribution in [0.1, 0.15) is 0 Å². The maximum absolute atomic E-state index is 9.84. The number of rotatable bonds is 2. The number of aliphatic hydroxyl groups is 1. The third-order valence-corrected chi connectivity index (χ3v) is 0.497. The normalized spacial score (nSPS) is 7.10. The Labute approximate surface area is 60.3 Å². The van der Waals surface area contributed by atoms with Gasteiger partial charge in [0, 0.05) is 12.6 Å². The number of methoxy groups -OCH3 is 1. The second-order valence-corrected chi connectivity index (χ2v) is 1.24. The largest absolute Gasteiger partial charge is 0.466 e. The van der Waals surface area contributed by atoms with Gasteiger partial charge in [0.2, 0.25) is 0 Å². The first-order chi connectivity index (χ1) is 4.72. The number of carbonyl (C=O) groups excluding carboxylic acids is 1. The van der Waals surface area contributed by atoms with E-state index >= 15 is 0 Å². The smallest absolute Gasteiger partial charge is 0.329 e. The third-order valence-electron chi connectivity index (χ3n) is 0.497. The molecule has 0 aliphatic carbocycles.